The van der Waals surface area contributed by atoms with Gasteiger partial charge in [0.25, 0.3) is 0 Å². The van der Waals surface area contributed by atoms with E-state index in [1.807, 2.05) is 6.07 Å². The third-order valence-electron chi connectivity index (χ3n) is 3.66. The number of benzene rings is 2. The molecule has 0 fully saturated rings. The molecule has 2 nitrogen and oxygen atoms in total. The van der Waals surface area contributed by atoms with E-state index in [-0.39, 0.29) is 6.04 Å². The maximum absolute atomic E-state index is 5.88. The molecule has 1 atom stereocenters. The van der Waals surface area contributed by atoms with Crippen LogP contribution in [0.15, 0.2) is 48.5 Å². The lowest BCUT2D eigenvalue weighted by atomic mass is 9.94. The molecule has 0 saturated carbocycles. The van der Waals surface area contributed by atoms with Crippen LogP contribution < -0.4 is 10.1 Å². The lowest BCUT2D eigenvalue weighted by molar-refractivity contribution is 0.290. The second-order valence-electron chi connectivity index (χ2n) is 4.98. The zero-order chi connectivity index (χ0) is 13.1. The van der Waals surface area contributed by atoms with Crippen LogP contribution in [0.1, 0.15) is 29.2 Å². The van der Waals surface area contributed by atoms with Crippen LogP contribution in [0.25, 0.3) is 0 Å². The number of hydrogen-bond acceptors (Lipinski definition) is 2. The molecular formula is C17H19NO. The lowest BCUT2D eigenvalue weighted by Gasteiger charge is -2.26. The van der Waals surface area contributed by atoms with Gasteiger partial charge in [-0.2, -0.15) is 0 Å². The third-order valence-corrected chi connectivity index (χ3v) is 3.66. The molecule has 2 aromatic rings. The zero-order valence-electron chi connectivity index (χ0n) is 11.2. The number of rotatable bonds is 1. The maximum atomic E-state index is 5.88. The molecule has 0 bridgehead atoms. The highest BCUT2D eigenvalue weighted by molar-refractivity contribution is 5.44. The summed E-state index contributed by atoms with van der Waals surface area (Å²) in [6, 6.07) is 17.1. The van der Waals surface area contributed by atoms with Gasteiger partial charge >= 0.3 is 0 Å². The first-order valence-corrected chi connectivity index (χ1v) is 6.87. The first kappa shape index (κ1) is 12.2. The van der Waals surface area contributed by atoms with E-state index in [4.69, 9.17) is 4.74 Å². The summed E-state index contributed by atoms with van der Waals surface area (Å²) in [6.07, 6.45) is 1.04. The molecule has 98 valence electrons. The van der Waals surface area contributed by atoms with Gasteiger partial charge in [-0.15, -0.1) is 0 Å². The monoisotopic (exact) mass is 253 g/mol. The molecule has 0 saturated heterocycles. The fraction of sp³-hybridized carbons (Fsp3) is 0.294. The highest BCUT2D eigenvalue weighted by Crippen LogP contribution is 2.32. The van der Waals surface area contributed by atoms with Crippen LogP contribution in [0.2, 0.25) is 0 Å². The molecule has 1 aliphatic heterocycles. The van der Waals surface area contributed by atoms with Gasteiger partial charge in [-0.1, -0.05) is 42.5 Å². The molecule has 1 N–H and O–H groups in total. The predicted molar refractivity (Wildman–Crippen MR) is 77.6 cm³/mol. The van der Waals surface area contributed by atoms with Gasteiger partial charge in [-0.3, -0.25) is 0 Å². The molecule has 1 unspecified atom stereocenters. The Morgan fingerprint density at radius 1 is 1.00 bits per heavy atom. The summed E-state index contributed by atoms with van der Waals surface area (Å²) in [6.45, 7) is 3.93. The molecule has 2 aromatic carbocycles. The molecule has 0 aliphatic carbocycles. The second-order valence-corrected chi connectivity index (χ2v) is 4.98. The Morgan fingerprint density at radius 3 is 2.58 bits per heavy atom. The Labute approximate surface area is 114 Å². The molecule has 0 aromatic heterocycles. The van der Waals surface area contributed by atoms with Crippen molar-refractivity contribution in [1.29, 1.82) is 0 Å². The summed E-state index contributed by atoms with van der Waals surface area (Å²) in [5.74, 6) is 1.00. The van der Waals surface area contributed by atoms with Crippen molar-refractivity contribution < 1.29 is 4.74 Å². The summed E-state index contributed by atoms with van der Waals surface area (Å²) in [7, 11) is 0. The summed E-state index contributed by atoms with van der Waals surface area (Å²) in [5, 5.41) is 3.65. The maximum Gasteiger partial charge on any atom is 0.124 e. The fourth-order valence-electron chi connectivity index (χ4n) is 2.65. The van der Waals surface area contributed by atoms with Gasteiger partial charge in [0.2, 0.25) is 0 Å². The normalized spacial score (nSPS) is 18.9. The van der Waals surface area contributed by atoms with E-state index in [9.17, 15) is 0 Å². The number of ether oxygens (including phenoxy) is 1. The van der Waals surface area contributed by atoms with Crippen LogP contribution in [0.3, 0.4) is 0 Å². The Kier molecular flexibility index (Phi) is 3.51. The molecule has 19 heavy (non-hydrogen) atoms. The molecule has 0 amide bonds. The lowest BCUT2D eigenvalue weighted by Crippen LogP contribution is -2.28. The quantitative estimate of drug-likeness (QED) is 0.840. The highest BCUT2D eigenvalue weighted by atomic mass is 16.5. The first-order valence-electron chi connectivity index (χ1n) is 6.87. The molecular weight excluding hydrogens is 234 g/mol. The molecule has 0 radical (unpaired) electrons. The van der Waals surface area contributed by atoms with Crippen LogP contribution in [0, 0.1) is 6.92 Å². The Hall–Kier alpha value is -1.80. The SMILES string of the molecule is Cc1ccccc1C1NCCCOc2ccccc21. The van der Waals surface area contributed by atoms with E-state index >= 15 is 0 Å². The van der Waals surface area contributed by atoms with Crippen molar-refractivity contribution in [3.8, 4) is 5.75 Å². The number of hydrogen-bond donors (Lipinski definition) is 1. The van der Waals surface area contributed by atoms with Gasteiger partial charge in [0, 0.05) is 5.56 Å². The van der Waals surface area contributed by atoms with Crippen molar-refractivity contribution in [1.82, 2.24) is 5.32 Å². The average Bonchev–Trinajstić information content (AvgIpc) is 2.41. The van der Waals surface area contributed by atoms with Gasteiger partial charge in [-0.05, 0) is 37.1 Å². The minimum Gasteiger partial charge on any atom is -0.493 e. The van der Waals surface area contributed by atoms with Crippen molar-refractivity contribution in [3.63, 3.8) is 0 Å². The zero-order valence-corrected chi connectivity index (χ0v) is 11.2. The van der Waals surface area contributed by atoms with E-state index in [0.29, 0.717) is 0 Å². The van der Waals surface area contributed by atoms with Gasteiger partial charge in [0.05, 0.1) is 12.6 Å². The van der Waals surface area contributed by atoms with E-state index in [1.165, 1.54) is 16.7 Å². The predicted octanol–water partition coefficient (Wildman–Crippen LogP) is 3.46. The van der Waals surface area contributed by atoms with Crippen molar-refractivity contribution >= 4 is 0 Å². The van der Waals surface area contributed by atoms with Gasteiger partial charge in [-0.25, -0.2) is 0 Å². The van der Waals surface area contributed by atoms with Crippen molar-refractivity contribution in [2.75, 3.05) is 13.2 Å². The van der Waals surface area contributed by atoms with Crippen LogP contribution in [0.4, 0.5) is 0 Å². The summed E-state index contributed by atoms with van der Waals surface area (Å²) in [4.78, 5) is 0. The topological polar surface area (TPSA) is 21.3 Å². The molecule has 2 heteroatoms. The Bertz CT molecular complexity index is 565. The Balaban J connectivity index is 2.08. The number of fused-ring (bicyclic) bond motifs is 1. The van der Waals surface area contributed by atoms with E-state index < -0.39 is 0 Å². The van der Waals surface area contributed by atoms with Crippen LogP contribution in [-0.4, -0.2) is 13.2 Å². The standard InChI is InChI=1S/C17H19NO/c1-13-7-2-3-8-14(13)17-15-9-4-5-10-16(15)19-12-6-11-18-17/h2-5,7-10,17-18H,6,11-12H2,1H3. The van der Waals surface area contributed by atoms with Crippen LogP contribution in [0.5, 0.6) is 5.75 Å². The number of para-hydroxylation sites is 1. The minimum absolute atomic E-state index is 0.220. The van der Waals surface area contributed by atoms with Gasteiger partial charge in [0.15, 0.2) is 0 Å². The van der Waals surface area contributed by atoms with Crippen LogP contribution in [-0.2, 0) is 0 Å². The fourth-order valence-corrected chi connectivity index (χ4v) is 2.65. The van der Waals surface area contributed by atoms with Crippen LogP contribution >= 0.6 is 0 Å². The van der Waals surface area contributed by atoms with Crippen molar-refractivity contribution in [2.45, 2.75) is 19.4 Å². The van der Waals surface area contributed by atoms with Crippen molar-refractivity contribution in [2.24, 2.45) is 0 Å². The van der Waals surface area contributed by atoms with Gasteiger partial charge in [0.1, 0.15) is 5.75 Å². The van der Waals surface area contributed by atoms with Gasteiger partial charge < -0.3 is 10.1 Å². The summed E-state index contributed by atoms with van der Waals surface area (Å²) >= 11 is 0. The van der Waals surface area contributed by atoms with E-state index in [2.05, 4.69) is 54.7 Å². The largest absolute Gasteiger partial charge is 0.493 e. The number of aryl methyl sites for hydroxylation is 1. The highest BCUT2D eigenvalue weighted by Gasteiger charge is 2.20. The molecule has 3 rings (SSSR count). The van der Waals surface area contributed by atoms with Crippen molar-refractivity contribution in [3.05, 3.63) is 65.2 Å². The van der Waals surface area contributed by atoms with E-state index in [1.54, 1.807) is 0 Å². The average molecular weight is 253 g/mol. The first-order chi connectivity index (χ1) is 9.36. The second kappa shape index (κ2) is 5.45. The molecule has 1 aliphatic rings. The Morgan fingerprint density at radius 2 is 1.74 bits per heavy atom. The van der Waals surface area contributed by atoms with E-state index in [0.717, 1.165) is 25.3 Å². The summed E-state index contributed by atoms with van der Waals surface area (Å²) < 4.78 is 5.88. The molecule has 1 heterocycles. The minimum atomic E-state index is 0.220. The number of nitrogens with one attached hydrogen (secondary N) is 1. The smallest absolute Gasteiger partial charge is 0.124 e. The third kappa shape index (κ3) is 2.49. The summed E-state index contributed by atoms with van der Waals surface area (Å²) in [5.41, 5.74) is 3.88. The molecule has 0 spiro atoms.